The topological polar surface area (TPSA) is 12.5 Å². The molecule has 21 heavy (non-hydrogen) atoms. The summed E-state index contributed by atoms with van der Waals surface area (Å²) in [4.78, 5) is 2.49. The van der Waals surface area contributed by atoms with Crippen LogP contribution in [0.2, 0.25) is 0 Å². The van der Waals surface area contributed by atoms with E-state index >= 15 is 0 Å². The lowest BCUT2D eigenvalue weighted by Gasteiger charge is -2.48. The van der Waals surface area contributed by atoms with Crippen LogP contribution in [0.15, 0.2) is 24.3 Å². The Morgan fingerprint density at radius 2 is 1.81 bits per heavy atom. The van der Waals surface area contributed by atoms with Gasteiger partial charge in [-0.05, 0) is 69.4 Å². The fourth-order valence-electron chi connectivity index (χ4n) is 4.54. The summed E-state index contributed by atoms with van der Waals surface area (Å²) in [6, 6.07) is 8.91. The molecular weight excluding hydrogens is 258 g/mol. The summed E-state index contributed by atoms with van der Waals surface area (Å²) < 4.78 is 5.49. The molecule has 0 radical (unpaired) electrons. The van der Waals surface area contributed by atoms with Gasteiger partial charge in [0.25, 0.3) is 0 Å². The molecule has 1 saturated carbocycles. The SMILES string of the molecule is COc1cccc(C2(C3CCCCC3)CCN(C)CC2)c1. The first-order valence-electron chi connectivity index (χ1n) is 8.58. The molecule has 2 nitrogen and oxygen atoms in total. The van der Waals surface area contributed by atoms with E-state index in [4.69, 9.17) is 4.74 Å². The number of ether oxygens (including phenoxy) is 1. The normalized spacial score (nSPS) is 23.9. The lowest BCUT2D eigenvalue weighted by atomic mass is 9.60. The Kier molecular flexibility index (Phi) is 4.54. The van der Waals surface area contributed by atoms with E-state index in [-0.39, 0.29) is 0 Å². The van der Waals surface area contributed by atoms with Crippen LogP contribution in [-0.2, 0) is 5.41 Å². The molecule has 0 atom stereocenters. The third-order valence-electron chi connectivity index (χ3n) is 5.91. The summed E-state index contributed by atoms with van der Waals surface area (Å²) in [6.07, 6.45) is 9.73. The number of likely N-dealkylation sites (tertiary alicyclic amines) is 1. The Hall–Kier alpha value is -1.02. The van der Waals surface area contributed by atoms with Crippen molar-refractivity contribution in [3.05, 3.63) is 29.8 Å². The molecule has 2 aliphatic rings. The lowest BCUT2D eigenvalue weighted by molar-refractivity contribution is 0.106. The van der Waals surface area contributed by atoms with E-state index in [1.54, 1.807) is 7.11 Å². The zero-order valence-corrected chi connectivity index (χ0v) is 13.6. The third-order valence-corrected chi connectivity index (χ3v) is 5.91. The smallest absolute Gasteiger partial charge is 0.119 e. The van der Waals surface area contributed by atoms with Gasteiger partial charge in [-0.25, -0.2) is 0 Å². The fourth-order valence-corrected chi connectivity index (χ4v) is 4.54. The summed E-state index contributed by atoms with van der Waals surface area (Å²) in [5.41, 5.74) is 1.92. The summed E-state index contributed by atoms with van der Waals surface area (Å²) in [5, 5.41) is 0. The Labute approximate surface area is 129 Å². The standard InChI is InChI=1S/C19H29NO/c1-20-13-11-19(12-14-20,16-7-4-3-5-8-16)17-9-6-10-18(15-17)21-2/h6,9-10,15-16H,3-5,7-8,11-14H2,1-2H3. The van der Waals surface area contributed by atoms with Gasteiger partial charge in [-0.1, -0.05) is 31.4 Å². The maximum absolute atomic E-state index is 5.49. The molecule has 0 spiro atoms. The molecule has 0 N–H and O–H groups in total. The van der Waals surface area contributed by atoms with Gasteiger partial charge in [-0.15, -0.1) is 0 Å². The van der Waals surface area contributed by atoms with E-state index in [1.165, 1.54) is 63.6 Å². The predicted molar refractivity (Wildman–Crippen MR) is 88.0 cm³/mol. The van der Waals surface area contributed by atoms with Crippen molar-refractivity contribution >= 4 is 0 Å². The molecule has 116 valence electrons. The molecule has 1 aromatic rings. The molecule has 2 heteroatoms. The van der Waals surface area contributed by atoms with Crippen molar-refractivity contribution in [3.63, 3.8) is 0 Å². The average Bonchev–Trinajstić information content (AvgIpc) is 2.57. The second kappa shape index (κ2) is 6.39. The van der Waals surface area contributed by atoms with Gasteiger partial charge in [0.1, 0.15) is 5.75 Å². The van der Waals surface area contributed by atoms with Gasteiger partial charge in [0, 0.05) is 5.41 Å². The highest BCUT2D eigenvalue weighted by Gasteiger charge is 2.42. The van der Waals surface area contributed by atoms with Crippen LogP contribution in [-0.4, -0.2) is 32.1 Å². The monoisotopic (exact) mass is 287 g/mol. The van der Waals surface area contributed by atoms with Crippen LogP contribution in [0.5, 0.6) is 5.75 Å². The van der Waals surface area contributed by atoms with Crippen LogP contribution in [0.3, 0.4) is 0 Å². The van der Waals surface area contributed by atoms with E-state index in [9.17, 15) is 0 Å². The average molecular weight is 287 g/mol. The molecule has 1 aliphatic carbocycles. The molecule has 1 aliphatic heterocycles. The summed E-state index contributed by atoms with van der Waals surface area (Å²) >= 11 is 0. The third kappa shape index (κ3) is 2.96. The minimum Gasteiger partial charge on any atom is -0.497 e. The molecule has 3 rings (SSSR count). The van der Waals surface area contributed by atoms with Gasteiger partial charge in [-0.3, -0.25) is 0 Å². The maximum Gasteiger partial charge on any atom is 0.119 e. The summed E-state index contributed by atoms with van der Waals surface area (Å²) in [7, 11) is 4.04. The number of piperidine rings is 1. The first-order chi connectivity index (χ1) is 10.2. The number of methoxy groups -OCH3 is 1. The second-order valence-electron chi connectivity index (χ2n) is 7.03. The number of benzene rings is 1. The number of hydrogen-bond acceptors (Lipinski definition) is 2. The highest BCUT2D eigenvalue weighted by molar-refractivity contribution is 5.35. The Morgan fingerprint density at radius 3 is 2.48 bits per heavy atom. The van der Waals surface area contributed by atoms with Crippen molar-refractivity contribution in [2.24, 2.45) is 5.92 Å². The molecule has 0 aromatic heterocycles. The van der Waals surface area contributed by atoms with Crippen LogP contribution in [0.1, 0.15) is 50.5 Å². The largest absolute Gasteiger partial charge is 0.497 e. The highest BCUT2D eigenvalue weighted by atomic mass is 16.5. The van der Waals surface area contributed by atoms with E-state index in [0.29, 0.717) is 5.41 Å². The molecule has 0 unspecified atom stereocenters. The quantitative estimate of drug-likeness (QED) is 0.824. The van der Waals surface area contributed by atoms with Crippen molar-refractivity contribution in [3.8, 4) is 5.75 Å². The molecule has 2 fully saturated rings. The minimum absolute atomic E-state index is 0.390. The predicted octanol–water partition coefficient (Wildman–Crippen LogP) is 4.24. The van der Waals surface area contributed by atoms with Crippen LogP contribution < -0.4 is 4.74 Å². The fraction of sp³-hybridized carbons (Fsp3) is 0.684. The number of rotatable bonds is 3. The van der Waals surface area contributed by atoms with Crippen molar-refractivity contribution in [1.29, 1.82) is 0 Å². The van der Waals surface area contributed by atoms with E-state index in [0.717, 1.165) is 11.7 Å². The van der Waals surface area contributed by atoms with Crippen molar-refractivity contribution < 1.29 is 4.74 Å². The Balaban J connectivity index is 1.94. The van der Waals surface area contributed by atoms with Crippen LogP contribution in [0, 0.1) is 5.92 Å². The van der Waals surface area contributed by atoms with Gasteiger partial charge < -0.3 is 9.64 Å². The van der Waals surface area contributed by atoms with Crippen molar-refractivity contribution in [2.75, 3.05) is 27.2 Å². The summed E-state index contributed by atoms with van der Waals surface area (Å²) in [6.45, 7) is 2.46. The molecule has 0 amide bonds. The maximum atomic E-state index is 5.49. The first-order valence-corrected chi connectivity index (χ1v) is 8.58. The molecule has 1 heterocycles. The van der Waals surface area contributed by atoms with Crippen LogP contribution in [0.4, 0.5) is 0 Å². The van der Waals surface area contributed by atoms with Gasteiger partial charge >= 0.3 is 0 Å². The van der Waals surface area contributed by atoms with Crippen molar-refractivity contribution in [1.82, 2.24) is 4.90 Å². The zero-order valence-electron chi connectivity index (χ0n) is 13.6. The van der Waals surface area contributed by atoms with Crippen molar-refractivity contribution in [2.45, 2.75) is 50.4 Å². The van der Waals surface area contributed by atoms with Crippen LogP contribution >= 0.6 is 0 Å². The van der Waals surface area contributed by atoms with Gasteiger partial charge in [0.2, 0.25) is 0 Å². The van der Waals surface area contributed by atoms with Gasteiger partial charge in [0.05, 0.1) is 7.11 Å². The van der Waals surface area contributed by atoms with Crippen LogP contribution in [0.25, 0.3) is 0 Å². The van der Waals surface area contributed by atoms with Gasteiger partial charge in [-0.2, -0.15) is 0 Å². The van der Waals surface area contributed by atoms with E-state index in [1.807, 2.05) is 0 Å². The highest BCUT2D eigenvalue weighted by Crippen LogP contribution is 2.48. The van der Waals surface area contributed by atoms with Gasteiger partial charge in [0.15, 0.2) is 0 Å². The number of nitrogens with zero attached hydrogens (tertiary/aromatic N) is 1. The number of hydrogen-bond donors (Lipinski definition) is 0. The zero-order chi connectivity index (χ0) is 14.7. The van der Waals surface area contributed by atoms with E-state index < -0.39 is 0 Å². The summed E-state index contributed by atoms with van der Waals surface area (Å²) in [5.74, 6) is 1.88. The second-order valence-corrected chi connectivity index (χ2v) is 7.03. The minimum atomic E-state index is 0.390. The molecule has 1 saturated heterocycles. The first kappa shape index (κ1) is 14.9. The Morgan fingerprint density at radius 1 is 1.10 bits per heavy atom. The Bertz CT molecular complexity index is 456. The van der Waals surface area contributed by atoms with E-state index in [2.05, 4.69) is 36.2 Å². The molecular formula is C19H29NO. The molecule has 1 aromatic carbocycles. The molecule has 0 bridgehead atoms. The lowest BCUT2D eigenvalue weighted by Crippen LogP contribution is -2.46.